The van der Waals surface area contributed by atoms with Crippen LogP contribution in [0.15, 0.2) is 48.6 Å². The molecule has 0 aliphatic carbocycles. The number of carbonyl (C=O) groups excluding carboxylic acids is 3. The Kier molecular flexibility index (Phi) is 55.7. The second-order valence-electron chi connectivity index (χ2n) is 20.3. The highest BCUT2D eigenvalue weighted by molar-refractivity contribution is 5.71. The molecular formula is C63H114O6. The van der Waals surface area contributed by atoms with E-state index in [1.807, 2.05) is 0 Å². The molecule has 0 aromatic rings. The minimum absolute atomic E-state index is 0.0844. The van der Waals surface area contributed by atoms with Crippen molar-refractivity contribution in [3.63, 3.8) is 0 Å². The topological polar surface area (TPSA) is 78.9 Å². The van der Waals surface area contributed by atoms with Crippen LogP contribution in [0.1, 0.15) is 316 Å². The van der Waals surface area contributed by atoms with Crippen LogP contribution in [0.5, 0.6) is 0 Å². The van der Waals surface area contributed by atoms with E-state index in [2.05, 4.69) is 69.4 Å². The number of carbonyl (C=O) groups is 3. The Bertz CT molecular complexity index is 1200. The standard InChI is InChI=1S/C63H114O6/c1-4-7-10-13-16-19-22-25-28-30-31-33-35-38-41-44-47-50-53-56-62(65)68-59-60(58-67-61(64)55-52-49-46-43-40-37-34-27-24-21-18-15-12-9-6-3)69-63(66)57-54-51-48-45-42-39-36-32-29-26-23-20-17-14-11-8-5-2/h18,21,27,30-31,34,40,43,60H,4-17,19-20,22-26,28-29,32-33,35-39,41-42,44-59H2,1-3H3/b21-18-,31-30-,34-27-,43-40-/t60-/m1/s1. The highest BCUT2D eigenvalue weighted by Gasteiger charge is 2.19. The van der Waals surface area contributed by atoms with Crippen molar-refractivity contribution in [1.29, 1.82) is 0 Å². The normalized spacial score (nSPS) is 12.3. The first-order valence-electron chi connectivity index (χ1n) is 30.1. The molecule has 0 spiro atoms. The van der Waals surface area contributed by atoms with E-state index >= 15 is 0 Å². The molecule has 0 bridgehead atoms. The molecule has 6 heteroatoms. The summed E-state index contributed by atoms with van der Waals surface area (Å²) in [6.45, 7) is 6.62. The van der Waals surface area contributed by atoms with Crippen LogP contribution in [0.4, 0.5) is 0 Å². The average molecular weight is 968 g/mol. The lowest BCUT2D eigenvalue weighted by Crippen LogP contribution is -2.30. The summed E-state index contributed by atoms with van der Waals surface area (Å²) in [6, 6.07) is 0. The van der Waals surface area contributed by atoms with Crippen LogP contribution in [0.2, 0.25) is 0 Å². The van der Waals surface area contributed by atoms with Crippen LogP contribution in [0.3, 0.4) is 0 Å². The lowest BCUT2D eigenvalue weighted by atomic mass is 10.0. The molecule has 0 unspecified atom stereocenters. The molecule has 0 aliphatic rings. The highest BCUT2D eigenvalue weighted by atomic mass is 16.6. The third kappa shape index (κ3) is 56.2. The van der Waals surface area contributed by atoms with Gasteiger partial charge in [0.2, 0.25) is 0 Å². The molecule has 0 radical (unpaired) electrons. The van der Waals surface area contributed by atoms with E-state index in [0.717, 1.165) is 70.6 Å². The zero-order valence-electron chi connectivity index (χ0n) is 46.1. The van der Waals surface area contributed by atoms with E-state index in [1.54, 1.807) is 0 Å². The Labute approximate surface area is 428 Å². The van der Waals surface area contributed by atoms with Gasteiger partial charge in [0.25, 0.3) is 0 Å². The van der Waals surface area contributed by atoms with Gasteiger partial charge in [0.05, 0.1) is 0 Å². The van der Waals surface area contributed by atoms with Gasteiger partial charge in [0.1, 0.15) is 13.2 Å². The molecule has 0 heterocycles. The van der Waals surface area contributed by atoms with Crippen LogP contribution >= 0.6 is 0 Å². The lowest BCUT2D eigenvalue weighted by molar-refractivity contribution is -0.167. The predicted molar refractivity (Wildman–Crippen MR) is 298 cm³/mol. The molecule has 6 nitrogen and oxygen atoms in total. The van der Waals surface area contributed by atoms with Crippen molar-refractivity contribution in [3.05, 3.63) is 48.6 Å². The molecule has 402 valence electrons. The zero-order valence-corrected chi connectivity index (χ0v) is 46.1. The molecule has 0 aromatic carbocycles. The van der Waals surface area contributed by atoms with Crippen molar-refractivity contribution in [3.8, 4) is 0 Å². The molecule has 0 fully saturated rings. The number of hydrogen-bond acceptors (Lipinski definition) is 6. The van der Waals surface area contributed by atoms with Gasteiger partial charge >= 0.3 is 17.9 Å². The second-order valence-corrected chi connectivity index (χ2v) is 20.3. The van der Waals surface area contributed by atoms with E-state index < -0.39 is 6.10 Å². The summed E-state index contributed by atoms with van der Waals surface area (Å²) in [5, 5.41) is 0. The van der Waals surface area contributed by atoms with E-state index in [-0.39, 0.29) is 31.1 Å². The highest BCUT2D eigenvalue weighted by Crippen LogP contribution is 2.16. The monoisotopic (exact) mass is 967 g/mol. The minimum Gasteiger partial charge on any atom is -0.462 e. The summed E-state index contributed by atoms with van der Waals surface area (Å²) >= 11 is 0. The summed E-state index contributed by atoms with van der Waals surface area (Å²) in [6.07, 6.45) is 71.1. The molecule has 0 amide bonds. The fourth-order valence-corrected chi connectivity index (χ4v) is 8.74. The predicted octanol–water partition coefficient (Wildman–Crippen LogP) is 20.2. The Hall–Kier alpha value is -2.63. The summed E-state index contributed by atoms with van der Waals surface area (Å²) in [5.74, 6) is -0.911. The Morgan fingerprint density at radius 3 is 0.884 bits per heavy atom. The van der Waals surface area contributed by atoms with Gasteiger partial charge in [-0.2, -0.15) is 0 Å². The Balaban J connectivity index is 4.38. The van der Waals surface area contributed by atoms with Crippen molar-refractivity contribution in [2.24, 2.45) is 0 Å². The van der Waals surface area contributed by atoms with Gasteiger partial charge < -0.3 is 14.2 Å². The molecule has 0 aromatic heterocycles. The van der Waals surface area contributed by atoms with Crippen LogP contribution in [0, 0.1) is 0 Å². The van der Waals surface area contributed by atoms with Crippen LogP contribution in [-0.2, 0) is 28.6 Å². The van der Waals surface area contributed by atoms with Gasteiger partial charge in [-0.15, -0.1) is 0 Å². The number of ether oxygens (including phenoxy) is 3. The number of esters is 3. The van der Waals surface area contributed by atoms with Crippen molar-refractivity contribution >= 4 is 17.9 Å². The van der Waals surface area contributed by atoms with Crippen molar-refractivity contribution < 1.29 is 28.6 Å². The van der Waals surface area contributed by atoms with Gasteiger partial charge in [-0.3, -0.25) is 14.4 Å². The Morgan fingerprint density at radius 2 is 0.522 bits per heavy atom. The van der Waals surface area contributed by atoms with E-state index in [1.165, 1.54) is 205 Å². The summed E-state index contributed by atoms with van der Waals surface area (Å²) in [7, 11) is 0. The number of unbranched alkanes of at least 4 members (excludes halogenated alkanes) is 36. The number of hydrogen-bond donors (Lipinski definition) is 0. The first-order chi connectivity index (χ1) is 34.0. The molecular weight excluding hydrogens is 853 g/mol. The van der Waals surface area contributed by atoms with Gasteiger partial charge in [0, 0.05) is 19.3 Å². The summed E-state index contributed by atoms with van der Waals surface area (Å²) in [5.41, 5.74) is 0. The van der Waals surface area contributed by atoms with Crippen LogP contribution in [-0.4, -0.2) is 37.2 Å². The van der Waals surface area contributed by atoms with E-state index in [0.29, 0.717) is 19.3 Å². The lowest BCUT2D eigenvalue weighted by Gasteiger charge is -2.18. The first kappa shape index (κ1) is 66.4. The van der Waals surface area contributed by atoms with Crippen LogP contribution < -0.4 is 0 Å². The maximum atomic E-state index is 12.9. The quantitative estimate of drug-likeness (QED) is 0.0262. The minimum atomic E-state index is -0.788. The fraction of sp³-hybridized carbons (Fsp3) is 0.825. The molecule has 0 aliphatic heterocycles. The zero-order chi connectivity index (χ0) is 50.0. The fourth-order valence-electron chi connectivity index (χ4n) is 8.74. The maximum absolute atomic E-state index is 12.9. The van der Waals surface area contributed by atoms with Crippen molar-refractivity contribution in [1.82, 2.24) is 0 Å². The molecule has 0 saturated heterocycles. The molecule has 69 heavy (non-hydrogen) atoms. The number of rotatable bonds is 55. The van der Waals surface area contributed by atoms with Gasteiger partial charge in [-0.1, -0.05) is 262 Å². The summed E-state index contributed by atoms with van der Waals surface area (Å²) < 4.78 is 16.9. The third-order valence-corrected chi connectivity index (χ3v) is 13.3. The number of allylic oxidation sites excluding steroid dienone is 8. The van der Waals surface area contributed by atoms with Gasteiger partial charge in [-0.25, -0.2) is 0 Å². The smallest absolute Gasteiger partial charge is 0.306 e. The molecule has 1 atom stereocenters. The van der Waals surface area contributed by atoms with Crippen LogP contribution in [0.25, 0.3) is 0 Å². The molecule has 0 rings (SSSR count). The van der Waals surface area contributed by atoms with E-state index in [4.69, 9.17) is 14.2 Å². The SMILES string of the molecule is CCCCC/C=C\C/C=C\C/C=C\CCCCC(=O)OC[C@H](COC(=O)CCCCCCCCC/C=C\CCCCCCCCCC)OC(=O)CCCCCCCCCCCCCCCCCCC. The van der Waals surface area contributed by atoms with Gasteiger partial charge in [0.15, 0.2) is 6.10 Å². The Morgan fingerprint density at radius 1 is 0.290 bits per heavy atom. The third-order valence-electron chi connectivity index (χ3n) is 13.3. The van der Waals surface area contributed by atoms with Gasteiger partial charge in [-0.05, 0) is 83.5 Å². The first-order valence-corrected chi connectivity index (χ1v) is 30.1. The van der Waals surface area contributed by atoms with Crippen molar-refractivity contribution in [2.45, 2.75) is 322 Å². The maximum Gasteiger partial charge on any atom is 0.306 e. The largest absolute Gasteiger partial charge is 0.462 e. The molecule has 0 N–H and O–H groups in total. The average Bonchev–Trinajstić information content (AvgIpc) is 3.35. The second kappa shape index (κ2) is 57.9. The summed E-state index contributed by atoms with van der Waals surface area (Å²) in [4.78, 5) is 38.2. The van der Waals surface area contributed by atoms with Crippen molar-refractivity contribution in [2.75, 3.05) is 13.2 Å². The molecule has 0 saturated carbocycles. The van der Waals surface area contributed by atoms with E-state index in [9.17, 15) is 14.4 Å².